The molecule has 3 aromatic rings. The summed E-state index contributed by atoms with van der Waals surface area (Å²) in [5.74, 6) is -0.111. The Hall–Kier alpha value is -0.990. The third-order valence-corrected chi connectivity index (χ3v) is 6.56. The first-order valence-corrected chi connectivity index (χ1v) is 9.68. The zero-order chi connectivity index (χ0) is 16.6. The molecule has 0 saturated heterocycles. The van der Waals surface area contributed by atoms with Gasteiger partial charge in [-0.2, -0.15) is 0 Å². The Balaban J connectivity index is 2.03. The van der Waals surface area contributed by atoms with Gasteiger partial charge in [0.15, 0.2) is 5.78 Å². The Morgan fingerprint density at radius 3 is 3.00 bits per heavy atom. The van der Waals surface area contributed by atoms with Crippen LogP contribution in [0.4, 0.5) is 5.69 Å². The molecule has 0 fully saturated rings. The van der Waals surface area contributed by atoms with Gasteiger partial charge in [0.05, 0.1) is 31.3 Å². The number of nitrogens with two attached hydrogens (primary N) is 1. The maximum absolute atomic E-state index is 12.3. The summed E-state index contributed by atoms with van der Waals surface area (Å²) in [7, 11) is 0. The van der Waals surface area contributed by atoms with E-state index >= 15 is 0 Å². The average molecular weight is 431 g/mol. The molecule has 0 unspecified atom stereocenters. The summed E-state index contributed by atoms with van der Waals surface area (Å²) in [6.45, 7) is 2.37. The van der Waals surface area contributed by atoms with Crippen molar-refractivity contribution in [2.45, 2.75) is 19.5 Å². The summed E-state index contributed by atoms with van der Waals surface area (Å²) in [6.07, 6.45) is 0. The predicted octanol–water partition coefficient (Wildman–Crippen LogP) is 4.92. The molecule has 8 heteroatoms. The number of carbonyl (C=O) groups is 1. The number of hydrogen-bond acceptors (Lipinski definition) is 6. The van der Waals surface area contributed by atoms with Gasteiger partial charge in [-0.25, -0.2) is 4.98 Å². The van der Waals surface area contributed by atoms with Crippen molar-refractivity contribution in [3.63, 3.8) is 0 Å². The Morgan fingerprint density at radius 1 is 1.57 bits per heavy atom. The highest BCUT2D eigenvalue weighted by Gasteiger charge is 2.22. The molecule has 0 aliphatic carbocycles. The Bertz CT molecular complexity index is 861. The Labute approximate surface area is 154 Å². The maximum Gasteiger partial charge on any atom is 0.190 e. The van der Waals surface area contributed by atoms with Gasteiger partial charge < -0.3 is 11.1 Å². The van der Waals surface area contributed by atoms with E-state index in [9.17, 15) is 4.79 Å². The number of ketones is 1. The molecule has 0 bridgehead atoms. The van der Waals surface area contributed by atoms with E-state index in [2.05, 4.69) is 32.3 Å². The number of nitrogens with one attached hydrogen (secondary N) is 1. The molecule has 0 radical (unpaired) electrons. The van der Waals surface area contributed by atoms with Crippen LogP contribution in [-0.2, 0) is 6.54 Å². The number of fused-ring (bicyclic) bond motifs is 1. The molecule has 1 atom stereocenters. The predicted molar refractivity (Wildman–Crippen MR) is 102 cm³/mol. The van der Waals surface area contributed by atoms with Crippen molar-refractivity contribution in [1.82, 2.24) is 4.98 Å². The minimum Gasteiger partial charge on any atom is -0.379 e. The normalized spacial score (nSPS) is 12.5. The number of pyridine rings is 1. The molecule has 0 amide bonds. The molecule has 3 heterocycles. The lowest BCUT2D eigenvalue weighted by Crippen LogP contribution is -2.26. The SMILES string of the molecule is C[C@H](N)C(=O)c1sc2c(NCc3cccs3)cc(Cl)nc2c1Br. The van der Waals surface area contributed by atoms with Crippen LogP contribution in [0.5, 0.6) is 0 Å². The van der Waals surface area contributed by atoms with Crippen molar-refractivity contribution in [3.8, 4) is 0 Å². The number of Topliss-reactive ketones (excluding diaryl/α,β-unsaturated/α-hetero) is 1. The van der Waals surface area contributed by atoms with E-state index in [0.29, 0.717) is 26.6 Å². The van der Waals surface area contributed by atoms with Crippen LogP contribution in [0.25, 0.3) is 10.2 Å². The standard InChI is InChI=1S/C15H13BrClN3OS2/c1-7(18)13(21)15-11(16)12-14(23-15)9(5-10(17)20-12)19-6-8-3-2-4-22-8/h2-5,7H,6,18H2,1H3,(H,19,20)/t7-/m0/s1. The smallest absolute Gasteiger partial charge is 0.190 e. The average Bonchev–Trinajstić information content (AvgIpc) is 3.13. The van der Waals surface area contributed by atoms with Crippen molar-refractivity contribution in [2.24, 2.45) is 5.73 Å². The highest BCUT2D eigenvalue weighted by atomic mass is 79.9. The van der Waals surface area contributed by atoms with E-state index in [0.717, 1.165) is 10.4 Å². The minimum absolute atomic E-state index is 0.111. The zero-order valence-electron chi connectivity index (χ0n) is 12.1. The van der Waals surface area contributed by atoms with E-state index in [1.165, 1.54) is 16.2 Å². The quantitative estimate of drug-likeness (QED) is 0.445. The zero-order valence-corrected chi connectivity index (χ0v) is 16.1. The first-order chi connectivity index (χ1) is 11.0. The fourth-order valence-electron chi connectivity index (χ4n) is 2.10. The van der Waals surface area contributed by atoms with Crippen LogP contribution < -0.4 is 11.1 Å². The van der Waals surface area contributed by atoms with Crippen molar-refractivity contribution in [2.75, 3.05) is 5.32 Å². The van der Waals surface area contributed by atoms with Gasteiger partial charge in [-0.15, -0.1) is 22.7 Å². The van der Waals surface area contributed by atoms with Gasteiger partial charge in [-0.3, -0.25) is 4.79 Å². The van der Waals surface area contributed by atoms with Crippen molar-refractivity contribution in [3.05, 3.63) is 43.0 Å². The Morgan fingerprint density at radius 2 is 2.35 bits per heavy atom. The molecular weight excluding hydrogens is 418 g/mol. The highest BCUT2D eigenvalue weighted by Crippen LogP contribution is 2.40. The molecule has 3 N–H and O–H groups in total. The fraction of sp³-hybridized carbons (Fsp3) is 0.200. The second-order valence-corrected chi connectivity index (χ2v) is 8.23. The van der Waals surface area contributed by atoms with Crippen LogP contribution in [0, 0.1) is 0 Å². The van der Waals surface area contributed by atoms with E-state index < -0.39 is 6.04 Å². The van der Waals surface area contributed by atoms with E-state index in [1.807, 2.05) is 11.4 Å². The molecule has 3 rings (SSSR count). The topological polar surface area (TPSA) is 68.0 Å². The number of hydrogen-bond donors (Lipinski definition) is 2. The third kappa shape index (κ3) is 3.44. The molecule has 0 saturated carbocycles. The van der Waals surface area contributed by atoms with Crippen molar-refractivity contribution < 1.29 is 4.79 Å². The molecular formula is C15H13BrClN3OS2. The number of halogens is 2. The summed E-state index contributed by atoms with van der Waals surface area (Å²) in [5, 5.41) is 5.79. The lowest BCUT2D eigenvalue weighted by Gasteiger charge is -2.06. The lowest BCUT2D eigenvalue weighted by atomic mass is 10.2. The second kappa shape index (κ2) is 6.86. The summed E-state index contributed by atoms with van der Waals surface area (Å²) >= 11 is 12.7. The largest absolute Gasteiger partial charge is 0.379 e. The van der Waals surface area contributed by atoms with E-state index in [4.69, 9.17) is 17.3 Å². The number of anilines is 1. The Kier molecular flexibility index (Phi) is 5.03. The van der Waals surface area contributed by atoms with Gasteiger partial charge >= 0.3 is 0 Å². The van der Waals surface area contributed by atoms with Gasteiger partial charge in [-0.1, -0.05) is 17.7 Å². The summed E-state index contributed by atoms with van der Waals surface area (Å²) < 4.78 is 1.54. The van der Waals surface area contributed by atoms with E-state index in [1.54, 1.807) is 24.3 Å². The number of rotatable bonds is 5. The van der Waals surface area contributed by atoms with Gasteiger partial charge in [0.1, 0.15) is 5.15 Å². The van der Waals surface area contributed by atoms with Crippen LogP contribution in [0.2, 0.25) is 5.15 Å². The van der Waals surface area contributed by atoms with Gasteiger partial charge in [-0.05, 0) is 34.3 Å². The first kappa shape index (κ1) is 16.9. The number of nitrogens with zero attached hydrogens (tertiary/aromatic N) is 1. The van der Waals surface area contributed by atoms with Crippen LogP contribution in [-0.4, -0.2) is 16.8 Å². The third-order valence-electron chi connectivity index (χ3n) is 3.22. The van der Waals surface area contributed by atoms with Crippen LogP contribution >= 0.6 is 50.2 Å². The maximum atomic E-state index is 12.3. The summed E-state index contributed by atoms with van der Waals surface area (Å²) in [5.41, 5.74) is 7.27. The monoisotopic (exact) mass is 429 g/mol. The summed E-state index contributed by atoms with van der Waals surface area (Å²) in [6, 6.07) is 5.29. The molecule has 23 heavy (non-hydrogen) atoms. The van der Waals surface area contributed by atoms with Gasteiger partial charge in [0, 0.05) is 17.5 Å². The second-order valence-electron chi connectivity index (χ2n) is 5.00. The first-order valence-electron chi connectivity index (χ1n) is 6.82. The van der Waals surface area contributed by atoms with Gasteiger partial charge in [0.2, 0.25) is 0 Å². The number of aromatic nitrogens is 1. The molecule has 4 nitrogen and oxygen atoms in total. The van der Waals surface area contributed by atoms with Crippen LogP contribution in [0.1, 0.15) is 21.5 Å². The minimum atomic E-state index is -0.558. The van der Waals surface area contributed by atoms with Crippen molar-refractivity contribution >= 4 is 71.9 Å². The molecule has 0 spiro atoms. The number of thiophene rings is 2. The molecule has 0 aromatic carbocycles. The number of carbonyl (C=O) groups excluding carboxylic acids is 1. The van der Waals surface area contributed by atoms with Crippen LogP contribution in [0.15, 0.2) is 28.1 Å². The fourth-order valence-corrected chi connectivity index (χ4v) is 4.96. The van der Waals surface area contributed by atoms with Crippen LogP contribution in [0.3, 0.4) is 0 Å². The summed E-state index contributed by atoms with van der Waals surface area (Å²) in [4.78, 5) is 18.4. The van der Waals surface area contributed by atoms with Gasteiger partial charge in [0.25, 0.3) is 0 Å². The van der Waals surface area contributed by atoms with Crippen molar-refractivity contribution in [1.29, 1.82) is 0 Å². The highest BCUT2D eigenvalue weighted by molar-refractivity contribution is 9.10. The molecule has 3 aromatic heterocycles. The lowest BCUT2D eigenvalue weighted by molar-refractivity contribution is 0.0971. The van der Waals surface area contributed by atoms with E-state index in [-0.39, 0.29) is 5.78 Å². The molecule has 120 valence electrons. The molecule has 0 aliphatic heterocycles. The molecule has 0 aliphatic rings.